The first-order valence-electron chi connectivity index (χ1n) is 3.12. The summed E-state index contributed by atoms with van der Waals surface area (Å²) in [5.41, 5.74) is 1.16. The molecular formula is C7H15N. The summed E-state index contributed by atoms with van der Waals surface area (Å²) in [6.07, 6.45) is 0. The van der Waals surface area contributed by atoms with Crippen LogP contribution in [0.25, 0.3) is 0 Å². The van der Waals surface area contributed by atoms with E-state index in [1.165, 1.54) is 0 Å². The van der Waals surface area contributed by atoms with Crippen LogP contribution in [0, 0.1) is 0 Å². The molecule has 0 unspecified atom stereocenters. The van der Waals surface area contributed by atoms with Gasteiger partial charge in [0.15, 0.2) is 0 Å². The van der Waals surface area contributed by atoms with E-state index in [1.807, 2.05) is 6.92 Å². The average molecular weight is 113 g/mol. The lowest BCUT2D eigenvalue weighted by Gasteiger charge is -2.19. The Balaban J connectivity index is 3.52. The normalized spacial score (nSPS) is 8.88. The molecule has 0 saturated heterocycles. The minimum atomic E-state index is 1.08. The van der Waals surface area contributed by atoms with Crippen molar-refractivity contribution < 1.29 is 0 Å². The Morgan fingerprint density at radius 1 is 1.38 bits per heavy atom. The van der Waals surface area contributed by atoms with Gasteiger partial charge in [-0.15, -0.1) is 0 Å². The van der Waals surface area contributed by atoms with Crippen LogP contribution in [0.2, 0.25) is 0 Å². The topological polar surface area (TPSA) is 3.24 Å². The maximum Gasteiger partial charge on any atom is 0.0146 e. The summed E-state index contributed by atoms with van der Waals surface area (Å²) >= 11 is 0. The van der Waals surface area contributed by atoms with Gasteiger partial charge < -0.3 is 4.90 Å². The first kappa shape index (κ1) is 7.54. The fourth-order valence-corrected chi connectivity index (χ4v) is 0.763. The third kappa shape index (κ3) is 2.01. The fourth-order valence-electron chi connectivity index (χ4n) is 0.763. The number of rotatable bonds is 3. The molecule has 0 aromatic rings. The number of hydrogen-bond acceptors (Lipinski definition) is 1. The van der Waals surface area contributed by atoms with Gasteiger partial charge in [-0.25, -0.2) is 0 Å². The zero-order valence-corrected chi connectivity index (χ0v) is 6.07. The van der Waals surface area contributed by atoms with Crippen molar-refractivity contribution in [1.82, 2.24) is 4.90 Å². The molecule has 8 heavy (non-hydrogen) atoms. The molecule has 0 aliphatic heterocycles. The molecule has 0 N–H and O–H groups in total. The van der Waals surface area contributed by atoms with E-state index in [9.17, 15) is 0 Å². The Kier molecular flexibility index (Phi) is 3.33. The summed E-state index contributed by atoms with van der Waals surface area (Å²) in [5, 5.41) is 0. The van der Waals surface area contributed by atoms with Gasteiger partial charge in [-0.1, -0.05) is 6.58 Å². The summed E-state index contributed by atoms with van der Waals surface area (Å²) < 4.78 is 0. The van der Waals surface area contributed by atoms with Gasteiger partial charge in [-0.3, -0.25) is 0 Å². The van der Waals surface area contributed by atoms with E-state index in [0.29, 0.717) is 0 Å². The molecule has 0 aliphatic carbocycles. The summed E-state index contributed by atoms with van der Waals surface area (Å²) in [6.45, 7) is 12.3. The van der Waals surface area contributed by atoms with Gasteiger partial charge in [0.05, 0.1) is 0 Å². The molecule has 0 heterocycles. The lowest BCUT2D eigenvalue weighted by atomic mass is 10.4. The van der Waals surface area contributed by atoms with Gasteiger partial charge in [0, 0.05) is 18.8 Å². The molecule has 0 amide bonds. The van der Waals surface area contributed by atoms with Crippen LogP contribution >= 0.6 is 0 Å². The standard InChI is InChI=1S/C7H15N/c1-5-8(6-2)7(3)4/h3,5-6H2,1-2,4H3. The molecule has 0 aliphatic rings. The minimum Gasteiger partial charge on any atom is -0.376 e. The van der Waals surface area contributed by atoms with Crippen LogP contribution in [-0.2, 0) is 0 Å². The molecule has 0 bridgehead atoms. The largest absolute Gasteiger partial charge is 0.376 e. The maximum absolute atomic E-state index is 3.82. The highest BCUT2D eigenvalue weighted by Crippen LogP contribution is 1.96. The maximum atomic E-state index is 3.82. The summed E-state index contributed by atoms with van der Waals surface area (Å²) in [4.78, 5) is 2.22. The minimum absolute atomic E-state index is 1.08. The van der Waals surface area contributed by atoms with Gasteiger partial charge in [-0.2, -0.15) is 0 Å². The highest BCUT2D eigenvalue weighted by atomic mass is 15.1. The van der Waals surface area contributed by atoms with E-state index in [1.54, 1.807) is 0 Å². The smallest absolute Gasteiger partial charge is 0.0146 e. The van der Waals surface area contributed by atoms with Crippen LogP contribution in [0.5, 0.6) is 0 Å². The van der Waals surface area contributed by atoms with Crippen LogP contribution in [-0.4, -0.2) is 18.0 Å². The van der Waals surface area contributed by atoms with E-state index in [0.717, 1.165) is 18.8 Å². The Hall–Kier alpha value is -0.460. The van der Waals surface area contributed by atoms with Crippen LogP contribution in [0.3, 0.4) is 0 Å². The number of hydrogen-bond donors (Lipinski definition) is 0. The fraction of sp³-hybridized carbons (Fsp3) is 0.714. The highest BCUT2D eigenvalue weighted by molar-refractivity contribution is 4.86. The number of nitrogens with zero attached hydrogens (tertiary/aromatic N) is 1. The first-order chi connectivity index (χ1) is 3.72. The van der Waals surface area contributed by atoms with E-state index < -0.39 is 0 Å². The zero-order chi connectivity index (χ0) is 6.57. The van der Waals surface area contributed by atoms with Crippen molar-refractivity contribution >= 4 is 0 Å². The van der Waals surface area contributed by atoms with Crippen molar-refractivity contribution in [3.8, 4) is 0 Å². The predicted molar refractivity (Wildman–Crippen MR) is 37.7 cm³/mol. The second-order valence-corrected chi connectivity index (χ2v) is 1.91. The monoisotopic (exact) mass is 113 g/mol. The van der Waals surface area contributed by atoms with Crippen LogP contribution in [0.15, 0.2) is 12.3 Å². The third-order valence-electron chi connectivity index (χ3n) is 1.30. The molecule has 0 radical (unpaired) electrons. The van der Waals surface area contributed by atoms with E-state index in [4.69, 9.17) is 0 Å². The van der Waals surface area contributed by atoms with Gasteiger partial charge >= 0.3 is 0 Å². The van der Waals surface area contributed by atoms with E-state index in [-0.39, 0.29) is 0 Å². The molecule has 1 nitrogen and oxygen atoms in total. The van der Waals surface area contributed by atoms with Gasteiger partial charge in [0.25, 0.3) is 0 Å². The Morgan fingerprint density at radius 3 is 1.75 bits per heavy atom. The summed E-state index contributed by atoms with van der Waals surface area (Å²) in [5.74, 6) is 0. The van der Waals surface area contributed by atoms with Crippen molar-refractivity contribution in [3.63, 3.8) is 0 Å². The molecule has 0 aromatic carbocycles. The van der Waals surface area contributed by atoms with Crippen LogP contribution in [0.1, 0.15) is 20.8 Å². The summed E-state index contributed by atoms with van der Waals surface area (Å²) in [6, 6.07) is 0. The quantitative estimate of drug-likeness (QED) is 0.540. The molecule has 0 spiro atoms. The van der Waals surface area contributed by atoms with Crippen molar-refractivity contribution in [3.05, 3.63) is 12.3 Å². The van der Waals surface area contributed by atoms with Crippen molar-refractivity contribution in [2.24, 2.45) is 0 Å². The second-order valence-electron chi connectivity index (χ2n) is 1.91. The second kappa shape index (κ2) is 3.53. The molecular weight excluding hydrogens is 98.1 g/mol. The zero-order valence-electron chi connectivity index (χ0n) is 6.07. The molecule has 0 saturated carbocycles. The third-order valence-corrected chi connectivity index (χ3v) is 1.30. The molecule has 0 fully saturated rings. The highest BCUT2D eigenvalue weighted by Gasteiger charge is 1.92. The van der Waals surface area contributed by atoms with Gasteiger partial charge in [0.1, 0.15) is 0 Å². The van der Waals surface area contributed by atoms with Crippen molar-refractivity contribution in [2.45, 2.75) is 20.8 Å². The number of allylic oxidation sites excluding steroid dienone is 1. The first-order valence-corrected chi connectivity index (χ1v) is 3.12. The molecule has 0 aromatic heterocycles. The van der Waals surface area contributed by atoms with Gasteiger partial charge in [-0.05, 0) is 20.8 Å². The lowest BCUT2D eigenvalue weighted by molar-refractivity contribution is 0.385. The molecule has 48 valence electrons. The Bertz CT molecular complexity index is 72.5. The lowest BCUT2D eigenvalue weighted by Crippen LogP contribution is -2.19. The van der Waals surface area contributed by atoms with E-state index >= 15 is 0 Å². The Morgan fingerprint density at radius 2 is 1.75 bits per heavy atom. The van der Waals surface area contributed by atoms with Crippen molar-refractivity contribution in [2.75, 3.05) is 13.1 Å². The molecule has 1 heteroatoms. The van der Waals surface area contributed by atoms with Crippen LogP contribution in [0.4, 0.5) is 0 Å². The van der Waals surface area contributed by atoms with Crippen molar-refractivity contribution in [1.29, 1.82) is 0 Å². The molecule has 0 atom stereocenters. The molecule has 0 rings (SSSR count). The predicted octanol–water partition coefficient (Wildman–Crippen LogP) is 1.86. The van der Waals surface area contributed by atoms with Crippen LogP contribution < -0.4 is 0 Å². The van der Waals surface area contributed by atoms with Gasteiger partial charge in [0.2, 0.25) is 0 Å². The SMILES string of the molecule is C=C(C)N(CC)CC. The average Bonchev–Trinajstić information content (AvgIpc) is 1.69. The van der Waals surface area contributed by atoms with E-state index in [2.05, 4.69) is 25.3 Å². The Labute approximate surface area is 52.0 Å². The summed E-state index contributed by atoms with van der Waals surface area (Å²) in [7, 11) is 0.